The van der Waals surface area contributed by atoms with Crippen molar-refractivity contribution in [3.8, 4) is 11.8 Å². The zero-order valence-corrected chi connectivity index (χ0v) is 20.2. The Balaban J connectivity index is 1.91. The van der Waals surface area contributed by atoms with Gasteiger partial charge in [0, 0.05) is 32.3 Å². The van der Waals surface area contributed by atoms with Crippen LogP contribution in [0.2, 0.25) is 5.02 Å². The highest BCUT2D eigenvalue weighted by atomic mass is 35.5. The molecule has 0 saturated heterocycles. The number of nitrogens with zero attached hydrogens (tertiary/aromatic N) is 3. The number of rotatable bonds is 3. The van der Waals surface area contributed by atoms with Gasteiger partial charge >= 0.3 is 0 Å². The van der Waals surface area contributed by atoms with Gasteiger partial charge in [-0.05, 0) is 30.2 Å². The number of nitriles is 1. The van der Waals surface area contributed by atoms with Gasteiger partial charge in [0.15, 0.2) is 11.2 Å². The second kappa shape index (κ2) is 7.79. The quantitative estimate of drug-likeness (QED) is 0.584. The van der Waals surface area contributed by atoms with Gasteiger partial charge in [-0.15, -0.1) is 0 Å². The van der Waals surface area contributed by atoms with Gasteiger partial charge in [-0.3, -0.25) is 9.78 Å². The van der Waals surface area contributed by atoms with Crippen molar-refractivity contribution in [1.29, 1.82) is 5.26 Å². The van der Waals surface area contributed by atoms with Gasteiger partial charge in [-0.2, -0.15) is 5.26 Å². The molecule has 5 rings (SSSR count). The van der Waals surface area contributed by atoms with Gasteiger partial charge in [0.25, 0.3) is 0 Å². The van der Waals surface area contributed by atoms with E-state index in [4.69, 9.17) is 16.3 Å². The minimum Gasteiger partial charge on any atom is -0.476 e. The van der Waals surface area contributed by atoms with Gasteiger partial charge in [0.05, 0.1) is 22.6 Å². The van der Waals surface area contributed by atoms with E-state index in [1.54, 1.807) is 44.4 Å². The number of aromatic nitrogens is 1. The largest absolute Gasteiger partial charge is 0.476 e. The van der Waals surface area contributed by atoms with Crippen molar-refractivity contribution in [1.82, 2.24) is 9.88 Å². The molecule has 7 nitrogen and oxygen atoms in total. The highest BCUT2D eigenvalue weighted by Crippen LogP contribution is 2.71. The van der Waals surface area contributed by atoms with Crippen LogP contribution in [0.5, 0.6) is 5.75 Å². The molecule has 1 amide bonds. The van der Waals surface area contributed by atoms with E-state index in [9.17, 15) is 20.3 Å². The number of aliphatic hydroxyl groups is 2. The van der Waals surface area contributed by atoms with Crippen molar-refractivity contribution in [3.05, 3.63) is 94.3 Å². The Hall–Kier alpha value is -3.44. The van der Waals surface area contributed by atoms with E-state index >= 15 is 0 Å². The lowest BCUT2D eigenvalue weighted by molar-refractivity contribution is -0.199. The summed E-state index contributed by atoms with van der Waals surface area (Å²) in [4.78, 5) is 19.5. The maximum Gasteiger partial charge on any atom is 0.228 e. The van der Waals surface area contributed by atoms with E-state index in [0.717, 1.165) is 0 Å². The van der Waals surface area contributed by atoms with Crippen LogP contribution in [-0.4, -0.2) is 45.7 Å². The maximum absolute atomic E-state index is 13.7. The molecule has 2 aliphatic rings. The first-order valence-corrected chi connectivity index (χ1v) is 11.5. The number of fused-ring (bicyclic) bond motifs is 3. The smallest absolute Gasteiger partial charge is 0.228 e. The number of carbonyl (C=O) groups excluding carboxylic acids is 1. The van der Waals surface area contributed by atoms with Gasteiger partial charge < -0.3 is 19.8 Å². The van der Waals surface area contributed by atoms with E-state index in [1.807, 2.05) is 30.3 Å². The van der Waals surface area contributed by atoms with Crippen LogP contribution in [0.1, 0.15) is 35.2 Å². The van der Waals surface area contributed by atoms with Gasteiger partial charge in [-0.25, -0.2) is 0 Å². The fourth-order valence-electron chi connectivity index (χ4n) is 5.87. The van der Waals surface area contributed by atoms with Crippen LogP contribution in [0, 0.1) is 17.2 Å². The number of hydrogen-bond donors (Lipinski definition) is 2. The summed E-state index contributed by atoms with van der Waals surface area (Å²) < 4.78 is 6.61. The average molecular weight is 490 g/mol. The van der Waals surface area contributed by atoms with Crippen LogP contribution < -0.4 is 4.74 Å². The molecule has 3 aromatic rings. The first kappa shape index (κ1) is 23.3. The molecule has 1 saturated carbocycles. The van der Waals surface area contributed by atoms with Crippen molar-refractivity contribution in [2.75, 3.05) is 14.1 Å². The Bertz CT molecular complexity index is 1350. The van der Waals surface area contributed by atoms with Crippen molar-refractivity contribution >= 4 is 17.5 Å². The Morgan fingerprint density at radius 2 is 1.80 bits per heavy atom. The molecular formula is C27H24ClN3O4. The third-order valence-electron chi connectivity index (χ3n) is 7.39. The summed E-state index contributed by atoms with van der Waals surface area (Å²) in [5, 5.41) is 34.5. The molecule has 5 atom stereocenters. The van der Waals surface area contributed by atoms with Gasteiger partial charge in [0.1, 0.15) is 17.0 Å². The molecule has 8 heteroatoms. The molecule has 178 valence electrons. The van der Waals surface area contributed by atoms with E-state index < -0.39 is 28.6 Å². The van der Waals surface area contributed by atoms with E-state index in [2.05, 4.69) is 11.1 Å². The number of halogens is 1. The molecule has 1 fully saturated rings. The van der Waals surface area contributed by atoms with Crippen LogP contribution in [0.3, 0.4) is 0 Å². The number of amides is 1. The summed E-state index contributed by atoms with van der Waals surface area (Å²) in [5.41, 5.74) is -4.07. The fraction of sp³-hybridized carbons (Fsp3) is 0.296. The second-order valence-corrected chi connectivity index (χ2v) is 9.92. The second-order valence-electron chi connectivity index (χ2n) is 9.48. The molecule has 1 aromatic heterocycles. The monoisotopic (exact) mass is 489 g/mol. The third-order valence-corrected chi connectivity index (χ3v) is 7.59. The molecular weight excluding hydrogens is 466 g/mol. The fourth-order valence-corrected chi connectivity index (χ4v) is 6.02. The lowest BCUT2D eigenvalue weighted by Crippen LogP contribution is -2.58. The van der Waals surface area contributed by atoms with Crippen molar-refractivity contribution in [2.45, 2.75) is 29.6 Å². The average Bonchev–Trinajstić information content (AvgIpc) is 3.19. The summed E-state index contributed by atoms with van der Waals surface area (Å²) in [5.74, 6) is -2.05. The molecule has 35 heavy (non-hydrogen) atoms. The zero-order chi connectivity index (χ0) is 25.2. The topological polar surface area (TPSA) is 107 Å². The molecule has 2 heterocycles. The van der Waals surface area contributed by atoms with Gasteiger partial charge in [-0.1, -0.05) is 54.1 Å². The lowest BCUT2D eigenvalue weighted by Gasteiger charge is -2.42. The molecule has 5 unspecified atom stereocenters. The number of benzene rings is 2. The summed E-state index contributed by atoms with van der Waals surface area (Å²) >= 11 is 6.22. The summed E-state index contributed by atoms with van der Waals surface area (Å²) in [7, 11) is 3.22. The first-order chi connectivity index (χ1) is 16.6. The van der Waals surface area contributed by atoms with Crippen LogP contribution in [0.25, 0.3) is 0 Å². The SMILES string of the molecule is CN(C)C(=O)C1C(c2ccccc2)C2(c3ccc(C#N)cc3)Oc3cc(Cl)cnc3C2(O)C1(C)O. The molecule has 0 radical (unpaired) electrons. The number of ether oxygens (including phenoxy) is 1. The van der Waals surface area contributed by atoms with Crippen molar-refractivity contribution in [2.24, 2.45) is 5.92 Å². The first-order valence-electron chi connectivity index (χ1n) is 11.2. The van der Waals surface area contributed by atoms with E-state index in [0.29, 0.717) is 21.7 Å². The summed E-state index contributed by atoms with van der Waals surface area (Å²) in [6.45, 7) is 1.45. The Labute approximate surface area is 208 Å². The highest BCUT2D eigenvalue weighted by molar-refractivity contribution is 6.30. The molecule has 2 N–H and O–H groups in total. The number of pyridine rings is 1. The Morgan fingerprint density at radius 3 is 2.40 bits per heavy atom. The lowest BCUT2D eigenvalue weighted by atomic mass is 9.70. The van der Waals surface area contributed by atoms with Crippen LogP contribution >= 0.6 is 11.6 Å². The number of hydrogen-bond acceptors (Lipinski definition) is 6. The predicted octanol–water partition coefficient (Wildman–Crippen LogP) is 3.33. The van der Waals surface area contributed by atoms with Crippen LogP contribution in [0.4, 0.5) is 0 Å². The standard InChI is InChI=1S/C27H24ClN3O4/c1-25(33)22(24(32)31(2)3)21(17-7-5-4-6-8-17)26(18-11-9-16(14-29)10-12-18)27(25,34)23-20(35-26)13-19(28)15-30-23/h4-13,15,21-22,33-34H,1-3H3. The van der Waals surface area contributed by atoms with E-state index in [1.165, 1.54) is 18.0 Å². The normalized spacial score (nSPS) is 30.7. The van der Waals surface area contributed by atoms with Crippen LogP contribution in [-0.2, 0) is 16.0 Å². The maximum atomic E-state index is 13.7. The third kappa shape index (κ3) is 2.91. The van der Waals surface area contributed by atoms with Gasteiger partial charge in [0.2, 0.25) is 5.91 Å². The van der Waals surface area contributed by atoms with Crippen molar-refractivity contribution in [3.63, 3.8) is 0 Å². The Kier molecular flexibility index (Phi) is 5.19. The highest BCUT2D eigenvalue weighted by Gasteiger charge is 2.82. The van der Waals surface area contributed by atoms with E-state index in [-0.39, 0.29) is 17.4 Å². The molecule has 1 aliphatic heterocycles. The zero-order valence-electron chi connectivity index (χ0n) is 19.4. The molecule has 0 spiro atoms. The Morgan fingerprint density at radius 1 is 1.14 bits per heavy atom. The predicted molar refractivity (Wildman–Crippen MR) is 129 cm³/mol. The van der Waals surface area contributed by atoms with Crippen LogP contribution in [0.15, 0.2) is 66.9 Å². The molecule has 0 bridgehead atoms. The van der Waals surface area contributed by atoms with Crippen molar-refractivity contribution < 1.29 is 19.7 Å². The summed E-state index contributed by atoms with van der Waals surface area (Å²) in [6, 6.07) is 19.5. The molecule has 2 aromatic carbocycles. The molecule has 1 aliphatic carbocycles. The summed E-state index contributed by atoms with van der Waals surface area (Å²) in [6.07, 6.45) is 1.38. The minimum atomic E-state index is -2.13. The number of carbonyl (C=O) groups is 1. The minimum absolute atomic E-state index is 0.103.